The summed E-state index contributed by atoms with van der Waals surface area (Å²) < 4.78 is 37.7. The lowest BCUT2D eigenvalue weighted by Gasteiger charge is -2.07. The molecule has 5 nitrogen and oxygen atoms in total. The highest BCUT2D eigenvalue weighted by atomic mass is 32.2. The number of nitrogens with one attached hydrogen (secondary N) is 1. The van der Waals surface area contributed by atoms with Gasteiger partial charge in [-0.25, -0.2) is 12.8 Å². The molecular weight excluding hydrogens is 329 g/mol. The molecule has 8 heteroatoms. The highest BCUT2D eigenvalue weighted by Gasteiger charge is 2.21. The lowest BCUT2D eigenvalue weighted by Crippen LogP contribution is -2.22. The number of benzene rings is 1. The molecule has 1 amide bonds. The number of sulfone groups is 1. The molecule has 118 valence electrons. The van der Waals surface area contributed by atoms with Gasteiger partial charge in [0.1, 0.15) is 10.0 Å². The zero-order chi connectivity index (χ0) is 16.3. The number of hydrogen-bond donors (Lipinski definition) is 2. The van der Waals surface area contributed by atoms with E-state index in [2.05, 4.69) is 5.32 Å². The van der Waals surface area contributed by atoms with Crippen LogP contribution in [0.1, 0.15) is 6.92 Å². The summed E-state index contributed by atoms with van der Waals surface area (Å²) in [6.45, 7) is 1.26. The van der Waals surface area contributed by atoms with Gasteiger partial charge in [-0.1, -0.05) is 6.92 Å². The van der Waals surface area contributed by atoms with Crippen LogP contribution in [0.15, 0.2) is 45.5 Å². The Bertz CT molecular complexity index is 768. The van der Waals surface area contributed by atoms with Gasteiger partial charge in [0.15, 0.2) is 0 Å². The van der Waals surface area contributed by atoms with Crippen LogP contribution in [-0.4, -0.2) is 26.0 Å². The van der Waals surface area contributed by atoms with Crippen LogP contribution in [0.2, 0.25) is 0 Å². The van der Waals surface area contributed by atoms with Crippen LogP contribution >= 0.6 is 11.3 Å². The molecule has 2 N–H and O–H groups in total. The van der Waals surface area contributed by atoms with E-state index in [1.54, 1.807) is 6.92 Å². The summed E-state index contributed by atoms with van der Waals surface area (Å²) in [6.07, 6.45) is 0. The molecule has 0 aliphatic heterocycles. The zero-order valence-corrected chi connectivity index (χ0v) is 13.2. The van der Waals surface area contributed by atoms with Crippen LogP contribution in [0.3, 0.4) is 0 Å². The van der Waals surface area contributed by atoms with Gasteiger partial charge in [0.2, 0.25) is 15.7 Å². The maximum atomic E-state index is 12.9. The molecule has 2 aromatic rings. The van der Waals surface area contributed by atoms with E-state index >= 15 is 0 Å². The molecule has 2 rings (SSSR count). The van der Waals surface area contributed by atoms with Crippen molar-refractivity contribution >= 4 is 32.1 Å². The third kappa shape index (κ3) is 3.52. The average molecular weight is 343 g/mol. The summed E-state index contributed by atoms with van der Waals surface area (Å²) in [7, 11) is -3.75. The Morgan fingerprint density at radius 3 is 2.50 bits per heavy atom. The quantitative estimate of drug-likeness (QED) is 0.816. The van der Waals surface area contributed by atoms with Gasteiger partial charge in [0, 0.05) is 0 Å². The van der Waals surface area contributed by atoms with Gasteiger partial charge in [-0.3, -0.25) is 4.79 Å². The topological polar surface area (TPSA) is 83.5 Å². The first-order chi connectivity index (χ1) is 10.3. The van der Waals surface area contributed by atoms with Crippen LogP contribution in [-0.2, 0) is 14.6 Å². The Kier molecular flexibility index (Phi) is 4.94. The number of anilines is 1. The van der Waals surface area contributed by atoms with Gasteiger partial charge < -0.3 is 10.4 Å². The third-order valence-electron chi connectivity index (χ3n) is 2.94. The van der Waals surface area contributed by atoms with Crippen molar-refractivity contribution in [2.45, 2.75) is 16.0 Å². The van der Waals surface area contributed by atoms with E-state index in [-0.39, 0.29) is 15.7 Å². The number of carbonyl (C=O) groups excluding carboxylic acids is 1. The summed E-state index contributed by atoms with van der Waals surface area (Å²) in [5.41, 5.74) is 0. The van der Waals surface area contributed by atoms with Crippen LogP contribution in [0, 0.1) is 11.7 Å². The van der Waals surface area contributed by atoms with Gasteiger partial charge >= 0.3 is 0 Å². The second kappa shape index (κ2) is 6.55. The predicted octanol–water partition coefficient (Wildman–Crippen LogP) is 2.29. The van der Waals surface area contributed by atoms with E-state index in [1.807, 2.05) is 0 Å². The van der Waals surface area contributed by atoms with Crippen molar-refractivity contribution in [1.82, 2.24) is 0 Å². The minimum Gasteiger partial charge on any atom is -0.396 e. The molecule has 0 fully saturated rings. The van der Waals surface area contributed by atoms with Gasteiger partial charge in [-0.05, 0) is 36.4 Å². The molecule has 0 saturated carbocycles. The number of amides is 1. The minimum absolute atomic E-state index is 0.0163. The number of carbonyl (C=O) groups is 1. The van der Waals surface area contributed by atoms with E-state index in [9.17, 15) is 17.6 Å². The normalized spacial score (nSPS) is 12.9. The Morgan fingerprint density at radius 2 is 1.91 bits per heavy atom. The van der Waals surface area contributed by atoms with Crippen LogP contribution in [0.4, 0.5) is 9.39 Å². The average Bonchev–Trinajstić information content (AvgIpc) is 2.96. The number of aliphatic hydroxyl groups is 1. The lowest BCUT2D eigenvalue weighted by molar-refractivity contribution is -0.120. The van der Waals surface area contributed by atoms with Gasteiger partial charge in [-0.2, -0.15) is 0 Å². The molecule has 0 radical (unpaired) electrons. The number of rotatable bonds is 5. The van der Waals surface area contributed by atoms with Gasteiger partial charge in [-0.15, -0.1) is 11.3 Å². The highest BCUT2D eigenvalue weighted by molar-refractivity contribution is 7.93. The number of thiophene rings is 1. The van der Waals surface area contributed by atoms with Crippen molar-refractivity contribution in [3.8, 4) is 0 Å². The molecule has 0 bridgehead atoms. The maximum Gasteiger partial charge on any atom is 0.230 e. The van der Waals surface area contributed by atoms with E-state index < -0.39 is 27.5 Å². The molecule has 0 spiro atoms. The van der Waals surface area contributed by atoms with Crippen molar-refractivity contribution in [1.29, 1.82) is 0 Å². The minimum atomic E-state index is -3.75. The van der Waals surface area contributed by atoms with Gasteiger partial charge in [0.25, 0.3) is 0 Å². The Labute approximate surface area is 131 Å². The van der Waals surface area contributed by atoms with E-state index in [0.29, 0.717) is 5.00 Å². The summed E-state index contributed by atoms with van der Waals surface area (Å²) in [5.74, 6) is -1.49. The van der Waals surface area contributed by atoms with Crippen molar-refractivity contribution in [3.63, 3.8) is 0 Å². The van der Waals surface area contributed by atoms with Crippen molar-refractivity contribution in [2.24, 2.45) is 5.92 Å². The first kappa shape index (κ1) is 16.6. The van der Waals surface area contributed by atoms with Gasteiger partial charge in [0.05, 0.1) is 22.4 Å². The fourth-order valence-corrected chi connectivity index (χ4v) is 4.20. The smallest absolute Gasteiger partial charge is 0.230 e. The largest absolute Gasteiger partial charge is 0.396 e. The van der Waals surface area contributed by atoms with Crippen LogP contribution in [0.5, 0.6) is 0 Å². The predicted molar refractivity (Wildman–Crippen MR) is 81.1 cm³/mol. The number of aliphatic hydroxyl groups excluding tert-OH is 1. The molecule has 0 saturated heterocycles. The monoisotopic (exact) mass is 343 g/mol. The molecular formula is C14H14FNO4S2. The molecule has 0 aliphatic carbocycles. The molecule has 1 aromatic carbocycles. The van der Waals surface area contributed by atoms with Crippen LogP contribution in [0.25, 0.3) is 0 Å². The molecule has 1 atom stereocenters. The summed E-state index contributed by atoms with van der Waals surface area (Å²) in [6, 6.07) is 7.39. The number of halogens is 1. The van der Waals surface area contributed by atoms with E-state index in [4.69, 9.17) is 5.11 Å². The summed E-state index contributed by atoms with van der Waals surface area (Å²) in [4.78, 5) is 11.6. The Morgan fingerprint density at radius 1 is 1.27 bits per heavy atom. The fourth-order valence-electron chi connectivity index (χ4n) is 1.59. The Hall–Kier alpha value is -1.77. The zero-order valence-electron chi connectivity index (χ0n) is 11.6. The first-order valence-corrected chi connectivity index (χ1v) is 8.67. The second-order valence-corrected chi connectivity index (χ2v) is 7.91. The first-order valence-electron chi connectivity index (χ1n) is 6.37. The third-order valence-corrected chi connectivity index (χ3v) is 6.20. The lowest BCUT2D eigenvalue weighted by atomic mass is 10.2. The van der Waals surface area contributed by atoms with Crippen molar-refractivity contribution in [2.75, 3.05) is 11.9 Å². The van der Waals surface area contributed by atoms with E-state index in [1.165, 1.54) is 24.3 Å². The molecule has 1 aromatic heterocycles. The number of hydrogen-bond acceptors (Lipinski definition) is 5. The summed E-state index contributed by atoms with van der Waals surface area (Å²) >= 11 is 0.900. The highest BCUT2D eigenvalue weighted by Crippen LogP contribution is 2.31. The Balaban J connectivity index is 2.23. The summed E-state index contributed by atoms with van der Waals surface area (Å²) in [5, 5.41) is 11.8. The SMILES string of the molecule is CC(CO)C(=O)Nc1ccc(S(=O)(=O)c2ccc(F)cc2)s1. The van der Waals surface area contributed by atoms with E-state index in [0.717, 1.165) is 23.5 Å². The maximum absolute atomic E-state index is 12.9. The molecule has 1 heterocycles. The van der Waals surface area contributed by atoms with Crippen molar-refractivity contribution < 1.29 is 22.7 Å². The standard InChI is InChI=1S/C14H14FNO4S2/c1-9(8-17)14(18)16-12-6-7-13(21-12)22(19,20)11-4-2-10(15)3-5-11/h2-7,9,17H,8H2,1H3,(H,16,18). The fraction of sp³-hybridized carbons (Fsp3) is 0.214. The molecule has 22 heavy (non-hydrogen) atoms. The second-order valence-electron chi connectivity index (χ2n) is 4.65. The molecule has 1 unspecified atom stereocenters. The van der Waals surface area contributed by atoms with Crippen molar-refractivity contribution in [3.05, 3.63) is 42.2 Å². The molecule has 0 aliphatic rings. The van der Waals surface area contributed by atoms with Crippen LogP contribution < -0.4 is 5.32 Å².